The van der Waals surface area contributed by atoms with Crippen LogP contribution in [0.5, 0.6) is 0 Å². The molecule has 0 fully saturated rings. The van der Waals surface area contributed by atoms with E-state index in [1.807, 2.05) is 48.5 Å². The number of ether oxygens (including phenoxy) is 2. The first-order valence-corrected chi connectivity index (χ1v) is 31.4. The van der Waals surface area contributed by atoms with Crippen molar-refractivity contribution in [2.75, 3.05) is 66.0 Å². The Morgan fingerprint density at radius 3 is 0.989 bits per heavy atom. The molecular formula is C69H93N5O15PPd-. The third kappa shape index (κ3) is 27.1. The molecule has 0 saturated carbocycles. The van der Waals surface area contributed by atoms with Gasteiger partial charge in [-0.25, -0.2) is 11.2 Å². The van der Waals surface area contributed by atoms with Gasteiger partial charge in [0.25, 0.3) is 44.0 Å². The maximum atomic E-state index is 12.3. The van der Waals surface area contributed by atoms with Crippen molar-refractivity contribution in [2.45, 2.75) is 137 Å². The van der Waals surface area contributed by atoms with Gasteiger partial charge in [-0.1, -0.05) is 104 Å². The third-order valence-corrected chi connectivity index (χ3v) is 15.6. The quantitative estimate of drug-likeness (QED) is 0.0125. The fourth-order valence-corrected chi connectivity index (χ4v) is 10.7. The predicted octanol–water partition coefficient (Wildman–Crippen LogP) is 13.1. The average molecular weight is 1370 g/mol. The second kappa shape index (κ2) is 46.7. The molecule has 5 aromatic carbocycles. The van der Waals surface area contributed by atoms with Gasteiger partial charge in [-0.15, -0.1) is 15.2 Å². The van der Waals surface area contributed by atoms with Gasteiger partial charge in [0.1, 0.15) is 6.61 Å². The van der Waals surface area contributed by atoms with Crippen molar-refractivity contribution in [1.82, 2.24) is 19.9 Å². The molecule has 0 spiro atoms. The van der Waals surface area contributed by atoms with E-state index in [1.54, 1.807) is 72.8 Å². The zero-order valence-corrected chi connectivity index (χ0v) is 55.0. The molecule has 6 amide bonds. The molecule has 91 heavy (non-hydrogen) atoms. The molecule has 1 atom stereocenters. The third-order valence-electron chi connectivity index (χ3n) is 13.5. The zero-order chi connectivity index (χ0) is 63.3. The summed E-state index contributed by atoms with van der Waals surface area (Å²) >= 11 is 0. The Balaban J connectivity index is 0.000000425. The smallest absolute Gasteiger partial charge is 0.285 e. The van der Waals surface area contributed by atoms with Crippen LogP contribution in [-0.4, -0.2) is 144 Å². The minimum absolute atomic E-state index is 0. The molecule has 0 radical (unpaired) electrons. The summed E-state index contributed by atoms with van der Waals surface area (Å²) in [6.45, 7) is 20.7. The van der Waals surface area contributed by atoms with Gasteiger partial charge < -0.3 is 41.0 Å². The number of carbonyl (C=O) groups excluding carboxylic acids is 6. The maximum absolute atomic E-state index is 12.3. The topological polar surface area (TPSA) is 225 Å². The van der Waals surface area contributed by atoms with Crippen molar-refractivity contribution >= 4 is 44.0 Å². The van der Waals surface area contributed by atoms with Crippen LogP contribution >= 0.6 is 8.53 Å². The number of unbranched alkanes of at least 4 members (excludes halogenated alkanes) is 8. The summed E-state index contributed by atoms with van der Waals surface area (Å²) in [5.74, 6) is -2.39. The van der Waals surface area contributed by atoms with E-state index in [9.17, 15) is 28.8 Å². The molecule has 0 saturated heterocycles. The maximum Gasteiger partial charge on any atom is 0.285 e. The number of imide groups is 3. The normalized spacial score (nSPS) is 13.0. The molecule has 1 unspecified atom stereocenters. The Labute approximate surface area is 553 Å². The van der Waals surface area contributed by atoms with Crippen LogP contribution in [0.1, 0.15) is 185 Å². The largest absolute Gasteiger partial charge is 0.396 e. The van der Waals surface area contributed by atoms with Gasteiger partial charge in [-0.3, -0.25) is 43.3 Å². The Morgan fingerprint density at radius 2 is 0.692 bits per heavy atom. The molecule has 0 aliphatic carbocycles. The minimum atomic E-state index is -1.22. The Kier molecular flexibility index (Phi) is 41.5. The van der Waals surface area contributed by atoms with Crippen molar-refractivity contribution < 1.29 is 92.4 Å². The zero-order valence-electron chi connectivity index (χ0n) is 52.5. The van der Waals surface area contributed by atoms with E-state index < -0.39 is 32.2 Å². The average Bonchev–Trinajstić information content (AvgIpc) is 1.68. The first-order valence-electron chi connectivity index (χ1n) is 30.3. The predicted molar refractivity (Wildman–Crippen MR) is 346 cm³/mol. The SMILES string of the molecule is C.O=C1c2ccccc2C(=O)N1OCCCCCO.O=C1c2ccccc2C(=O)N1OCCCCCOCc1ccccc1.OCCCCCOCc1ccccc1.[C-]#[N+]CCOP(OCCCCCON1C(=O)c2ccccc2C1=O)N(C(C)C)C(C)C.[CH3-].[Pd]. The number of benzene rings is 5. The van der Waals surface area contributed by atoms with E-state index in [0.29, 0.717) is 112 Å². The fraction of sp³-hybridized carbons (Fsp3) is 0.449. The van der Waals surface area contributed by atoms with E-state index >= 15 is 0 Å². The number of nitrogens with zero attached hydrogens (tertiary/aromatic N) is 5. The number of hydrogen-bond donors (Lipinski definition) is 2. The van der Waals surface area contributed by atoms with Crippen molar-refractivity contribution in [3.63, 3.8) is 0 Å². The Hall–Kier alpha value is -6.30. The molecule has 3 heterocycles. The van der Waals surface area contributed by atoms with Gasteiger partial charge >= 0.3 is 0 Å². The molecule has 5 aromatic rings. The summed E-state index contributed by atoms with van der Waals surface area (Å²) in [6, 6.07) is 40.9. The summed E-state index contributed by atoms with van der Waals surface area (Å²) in [7, 11) is -1.22. The molecule has 3 aliphatic rings. The van der Waals surface area contributed by atoms with Gasteiger partial charge in [-0.05, 0) is 152 Å². The van der Waals surface area contributed by atoms with Crippen molar-refractivity contribution in [3.05, 3.63) is 197 Å². The second-order valence-corrected chi connectivity index (χ2v) is 22.4. The standard InChI is InChI=1S/C22H32N3O5P.C20H21NO4.C13H15NO4.C12H18O2.CH4.CH3.Pd/c1-17(2)25(18(3)4)31(30-16-13-23-5)29-15-10-6-9-14-28-24-21(26)19-11-7-8-12-20(19)22(24)27;22-19-17-11-5-6-12-18(17)20(23)21(19)25-14-8-2-7-13-24-15-16-9-3-1-4-10-16;15-8-4-1-5-9-18-14-12(16)10-6-2-3-7-11(10)13(14)17;13-9-5-2-6-10-14-11-12-7-3-1-4-8-12;;;/h7-8,11-12,17-18H,6,9-10,13-16H2,1-4H3;1,3-6,9-12H,2,7-8,13-15H2;2-3,6-7,15H,1,4-5,8-9H2;1,3-4,7-8,13H,2,5-6,9-11H2;1H4;1H3;/q;;;;;-1;. The van der Waals surface area contributed by atoms with Gasteiger partial charge in [0.05, 0.1) is 73.0 Å². The van der Waals surface area contributed by atoms with Crippen LogP contribution < -0.4 is 0 Å². The van der Waals surface area contributed by atoms with Gasteiger partial charge in [-0.2, -0.15) is 0 Å². The van der Waals surface area contributed by atoms with Crippen molar-refractivity contribution in [3.8, 4) is 0 Å². The van der Waals surface area contributed by atoms with Crippen LogP contribution in [0.15, 0.2) is 133 Å². The Bertz CT molecular complexity index is 2840. The number of hydroxylamine groups is 6. The molecule has 8 rings (SSSR count). The van der Waals surface area contributed by atoms with Crippen LogP contribution in [0.3, 0.4) is 0 Å². The number of rotatable bonds is 36. The molecule has 2 N–H and O–H groups in total. The summed E-state index contributed by atoms with van der Waals surface area (Å²) in [4.78, 5) is 91.8. The molecule has 500 valence electrons. The molecule has 0 bridgehead atoms. The fourth-order valence-electron chi connectivity index (χ4n) is 9.05. The van der Waals surface area contributed by atoms with E-state index in [-0.39, 0.29) is 72.4 Å². The number of aliphatic hydroxyl groups excluding tert-OH is 2. The van der Waals surface area contributed by atoms with Crippen LogP contribution in [0, 0.1) is 14.0 Å². The van der Waals surface area contributed by atoms with Gasteiger partial charge in [0, 0.05) is 58.9 Å². The summed E-state index contributed by atoms with van der Waals surface area (Å²) in [6.07, 6.45) is 10.1. The van der Waals surface area contributed by atoms with Gasteiger partial charge in [0.2, 0.25) is 6.54 Å². The number of hydrogen-bond acceptors (Lipinski definition) is 16. The van der Waals surface area contributed by atoms with Crippen LogP contribution in [0.25, 0.3) is 4.85 Å². The van der Waals surface area contributed by atoms with Crippen molar-refractivity contribution in [1.29, 1.82) is 0 Å². The van der Waals surface area contributed by atoms with Gasteiger partial charge in [0.15, 0.2) is 0 Å². The van der Waals surface area contributed by atoms with Crippen LogP contribution in [-0.2, 0) is 66.7 Å². The van der Waals surface area contributed by atoms with E-state index in [2.05, 4.69) is 49.3 Å². The van der Waals surface area contributed by atoms with E-state index in [1.165, 1.54) is 5.56 Å². The number of carbonyl (C=O) groups is 6. The number of fused-ring (bicyclic) bond motifs is 3. The Morgan fingerprint density at radius 1 is 0.418 bits per heavy atom. The van der Waals surface area contributed by atoms with Crippen LogP contribution in [0.2, 0.25) is 0 Å². The second-order valence-electron chi connectivity index (χ2n) is 21.0. The number of amides is 6. The molecular weight excluding hydrogens is 1280 g/mol. The molecule has 3 aliphatic heterocycles. The molecule has 22 heteroatoms. The number of aliphatic hydroxyl groups is 2. The first kappa shape index (κ1) is 80.8. The molecule has 0 aromatic heterocycles. The van der Waals surface area contributed by atoms with E-state index in [4.69, 9.17) is 49.8 Å². The van der Waals surface area contributed by atoms with E-state index in [0.717, 1.165) is 85.1 Å². The first-order chi connectivity index (χ1) is 42.8. The minimum Gasteiger partial charge on any atom is -0.396 e. The molecule has 20 nitrogen and oxygen atoms in total. The monoisotopic (exact) mass is 1370 g/mol. The summed E-state index contributed by atoms with van der Waals surface area (Å²) in [5, 5.41) is 19.7. The summed E-state index contributed by atoms with van der Waals surface area (Å²) in [5.41, 5.74) is 4.73. The summed E-state index contributed by atoms with van der Waals surface area (Å²) < 4.78 is 25.2. The van der Waals surface area contributed by atoms with Crippen molar-refractivity contribution in [2.24, 2.45) is 0 Å². The van der Waals surface area contributed by atoms with Crippen LogP contribution in [0.4, 0.5) is 0 Å².